The predicted octanol–water partition coefficient (Wildman–Crippen LogP) is 4.64. The highest BCUT2D eigenvalue weighted by molar-refractivity contribution is 9.10. The number of aryl methyl sites for hydroxylation is 2. The van der Waals surface area contributed by atoms with E-state index < -0.39 is 0 Å². The molecule has 2 N–H and O–H groups in total. The number of hydrogen-bond acceptors (Lipinski definition) is 2. The van der Waals surface area contributed by atoms with Crippen molar-refractivity contribution in [2.75, 3.05) is 5.73 Å². The fraction of sp³-hybridized carbons (Fsp3) is 0.133. The highest BCUT2D eigenvalue weighted by atomic mass is 79.9. The molecular weight excluding hydrogens is 338 g/mol. The van der Waals surface area contributed by atoms with Crippen LogP contribution in [0.4, 0.5) is 5.95 Å². The van der Waals surface area contributed by atoms with Crippen molar-refractivity contribution in [3.8, 4) is 5.69 Å². The second-order valence-corrected chi connectivity index (χ2v) is 6.01. The minimum atomic E-state index is 0.439. The summed E-state index contributed by atoms with van der Waals surface area (Å²) < 4.78 is 3.00. The average Bonchev–Trinajstić information content (AvgIpc) is 2.73. The van der Waals surface area contributed by atoms with Crippen LogP contribution in [0.25, 0.3) is 16.7 Å². The molecule has 0 unspecified atom stereocenters. The first-order chi connectivity index (χ1) is 9.49. The van der Waals surface area contributed by atoms with Crippen molar-refractivity contribution in [1.29, 1.82) is 0 Å². The van der Waals surface area contributed by atoms with Gasteiger partial charge in [0.1, 0.15) is 0 Å². The Morgan fingerprint density at radius 3 is 2.50 bits per heavy atom. The van der Waals surface area contributed by atoms with Gasteiger partial charge in [-0.1, -0.05) is 33.6 Å². The van der Waals surface area contributed by atoms with Crippen LogP contribution in [0.15, 0.2) is 34.8 Å². The fourth-order valence-corrected chi connectivity index (χ4v) is 2.90. The minimum Gasteiger partial charge on any atom is -0.369 e. The molecule has 102 valence electrons. The van der Waals surface area contributed by atoms with Gasteiger partial charge in [-0.3, -0.25) is 4.57 Å². The second-order valence-electron chi connectivity index (χ2n) is 4.81. The first-order valence-corrected chi connectivity index (χ1v) is 7.35. The molecule has 0 aliphatic carbocycles. The molecule has 0 fully saturated rings. The largest absolute Gasteiger partial charge is 0.369 e. The molecule has 0 atom stereocenters. The van der Waals surface area contributed by atoms with Crippen LogP contribution in [0.1, 0.15) is 11.1 Å². The van der Waals surface area contributed by atoms with Crippen molar-refractivity contribution >= 4 is 44.5 Å². The normalized spacial score (nSPS) is 11.2. The molecule has 5 heteroatoms. The topological polar surface area (TPSA) is 43.8 Å². The van der Waals surface area contributed by atoms with Crippen LogP contribution in [0.5, 0.6) is 0 Å². The second kappa shape index (κ2) is 4.79. The van der Waals surface area contributed by atoms with Crippen LogP contribution < -0.4 is 5.73 Å². The van der Waals surface area contributed by atoms with Gasteiger partial charge < -0.3 is 5.73 Å². The molecule has 3 nitrogen and oxygen atoms in total. The van der Waals surface area contributed by atoms with Crippen LogP contribution >= 0.6 is 27.5 Å². The van der Waals surface area contributed by atoms with Crippen LogP contribution in [0, 0.1) is 13.8 Å². The molecule has 2 aromatic carbocycles. The zero-order chi connectivity index (χ0) is 14.4. The number of anilines is 1. The fourth-order valence-electron chi connectivity index (χ4n) is 2.42. The van der Waals surface area contributed by atoms with Gasteiger partial charge in [-0.25, -0.2) is 4.98 Å². The predicted molar refractivity (Wildman–Crippen MR) is 87.7 cm³/mol. The molecule has 0 saturated heterocycles. The summed E-state index contributed by atoms with van der Waals surface area (Å²) in [5.74, 6) is 0.439. The molecule has 1 heterocycles. The SMILES string of the molecule is Cc1cc(-n2c(N)nc3cccc(Cl)c32)cc(C)c1Br. The molecule has 20 heavy (non-hydrogen) atoms. The van der Waals surface area contributed by atoms with Crippen molar-refractivity contribution in [2.45, 2.75) is 13.8 Å². The number of nitrogens with two attached hydrogens (primary N) is 1. The summed E-state index contributed by atoms with van der Waals surface area (Å²) in [6.45, 7) is 4.11. The molecule has 0 amide bonds. The Labute approximate surface area is 130 Å². The minimum absolute atomic E-state index is 0.439. The Bertz CT molecular complexity index is 800. The monoisotopic (exact) mass is 349 g/mol. The number of benzene rings is 2. The lowest BCUT2D eigenvalue weighted by Gasteiger charge is -2.11. The average molecular weight is 351 g/mol. The van der Waals surface area contributed by atoms with E-state index in [1.54, 1.807) is 0 Å². The van der Waals surface area contributed by atoms with E-state index in [4.69, 9.17) is 17.3 Å². The third-order valence-electron chi connectivity index (χ3n) is 3.33. The Hall–Kier alpha value is -1.52. The molecule has 1 aromatic heterocycles. The Morgan fingerprint density at radius 2 is 1.85 bits per heavy atom. The first kappa shape index (κ1) is 13.5. The highest BCUT2D eigenvalue weighted by Crippen LogP contribution is 2.31. The van der Waals surface area contributed by atoms with Gasteiger partial charge in [0.2, 0.25) is 5.95 Å². The van der Waals surface area contributed by atoms with E-state index in [-0.39, 0.29) is 0 Å². The van der Waals surface area contributed by atoms with Gasteiger partial charge >= 0.3 is 0 Å². The van der Waals surface area contributed by atoms with E-state index in [9.17, 15) is 0 Å². The smallest absolute Gasteiger partial charge is 0.205 e. The third kappa shape index (κ3) is 2.00. The van der Waals surface area contributed by atoms with E-state index in [0.29, 0.717) is 11.0 Å². The van der Waals surface area contributed by atoms with E-state index in [0.717, 1.165) is 32.3 Å². The summed E-state index contributed by atoms with van der Waals surface area (Å²) in [4.78, 5) is 4.38. The van der Waals surface area contributed by atoms with Crippen LogP contribution in [0.3, 0.4) is 0 Å². The zero-order valence-electron chi connectivity index (χ0n) is 11.1. The van der Waals surface area contributed by atoms with Crippen molar-refractivity contribution < 1.29 is 0 Å². The van der Waals surface area contributed by atoms with Gasteiger partial charge in [0, 0.05) is 10.2 Å². The van der Waals surface area contributed by atoms with Crippen molar-refractivity contribution in [1.82, 2.24) is 9.55 Å². The summed E-state index contributed by atoms with van der Waals surface area (Å²) in [6, 6.07) is 9.77. The summed E-state index contributed by atoms with van der Waals surface area (Å²) >= 11 is 9.89. The molecule has 3 rings (SSSR count). The van der Waals surface area contributed by atoms with Gasteiger partial charge in [-0.05, 0) is 49.2 Å². The number of hydrogen-bond donors (Lipinski definition) is 1. The number of nitrogen functional groups attached to an aromatic ring is 1. The van der Waals surface area contributed by atoms with Crippen molar-refractivity contribution in [3.05, 3.63) is 51.0 Å². The number of nitrogens with zero attached hydrogens (tertiary/aromatic N) is 2. The molecule has 0 spiro atoms. The van der Waals surface area contributed by atoms with Crippen molar-refractivity contribution in [3.63, 3.8) is 0 Å². The lowest BCUT2D eigenvalue weighted by Crippen LogP contribution is -2.02. The molecule has 0 aliphatic rings. The van der Waals surface area contributed by atoms with Gasteiger partial charge in [0.25, 0.3) is 0 Å². The lowest BCUT2D eigenvalue weighted by molar-refractivity contribution is 1.10. The third-order valence-corrected chi connectivity index (χ3v) is 4.89. The lowest BCUT2D eigenvalue weighted by atomic mass is 10.1. The van der Waals surface area contributed by atoms with Crippen LogP contribution in [-0.2, 0) is 0 Å². The van der Waals surface area contributed by atoms with Crippen LogP contribution in [-0.4, -0.2) is 9.55 Å². The van der Waals surface area contributed by atoms with Crippen LogP contribution in [0.2, 0.25) is 5.02 Å². The zero-order valence-corrected chi connectivity index (χ0v) is 13.5. The molecule has 0 aliphatic heterocycles. The summed E-state index contributed by atoms with van der Waals surface area (Å²) in [5.41, 5.74) is 11.0. The number of rotatable bonds is 1. The quantitative estimate of drug-likeness (QED) is 0.695. The van der Waals surface area contributed by atoms with Gasteiger partial charge in [0.15, 0.2) is 0 Å². The van der Waals surface area contributed by atoms with E-state index in [2.05, 4.69) is 46.9 Å². The summed E-state index contributed by atoms with van der Waals surface area (Å²) in [6.07, 6.45) is 0. The van der Waals surface area contributed by atoms with Crippen molar-refractivity contribution in [2.24, 2.45) is 0 Å². The first-order valence-electron chi connectivity index (χ1n) is 6.18. The Morgan fingerprint density at radius 1 is 1.20 bits per heavy atom. The summed E-state index contributed by atoms with van der Waals surface area (Å²) in [7, 11) is 0. The van der Waals surface area contributed by atoms with E-state index in [1.165, 1.54) is 0 Å². The number of aromatic nitrogens is 2. The number of para-hydroxylation sites is 1. The van der Waals surface area contributed by atoms with Gasteiger partial charge in [-0.2, -0.15) is 0 Å². The van der Waals surface area contributed by atoms with E-state index >= 15 is 0 Å². The molecule has 0 saturated carbocycles. The van der Waals surface area contributed by atoms with Gasteiger partial charge in [-0.15, -0.1) is 0 Å². The molecular formula is C15H13BrClN3. The maximum Gasteiger partial charge on any atom is 0.205 e. The molecule has 0 bridgehead atoms. The highest BCUT2D eigenvalue weighted by Gasteiger charge is 2.14. The summed E-state index contributed by atoms with van der Waals surface area (Å²) in [5, 5.41) is 0.643. The Balaban J connectivity index is 2.38. The molecule has 0 radical (unpaired) electrons. The van der Waals surface area contributed by atoms with E-state index in [1.807, 2.05) is 22.8 Å². The number of fused-ring (bicyclic) bond motifs is 1. The number of halogens is 2. The maximum atomic E-state index is 6.31. The number of imidazole rings is 1. The van der Waals surface area contributed by atoms with Gasteiger partial charge in [0.05, 0.1) is 16.1 Å². The maximum absolute atomic E-state index is 6.31. The Kier molecular flexibility index (Phi) is 3.22. The standard InChI is InChI=1S/C15H13BrClN3/c1-8-6-10(7-9(2)13(8)16)20-14-11(17)4-3-5-12(14)19-15(20)18/h3-7H,1-2H3,(H2,18,19). The molecule has 3 aromatic rings.